The molecule has 78 valence electrons. The highest BCUT2D eigenvalue weighted by atomic mass is 35.5. The maximum atomic E-state index is 11.2. The Morgan fingerprint density at radius 2 is 2.33 bits per heavy atom. The average molecular weight is 224 g/mol. The van der Waals surface area contributed by atoms with E-state index in [9.17, 15) is 4.79 Å². The zero-order chi connectivity index (χ0) is 11.3. The smallest absolute Gasteiger partial charge is 0.238 e. The minimum absolute atomic E-state index is 0.200. The van der Waals surface area contributed by atoms with Crippen molar-refractivity contribution in [3.63, 3.8) is 0 Å². The molecule has 1 aromatic rings. The van der Waals surface area contributed by atoms with Crippen molar-refractivity contribution in [1.29, 1.82) is 5.26 Å². The summed E-state index contributed by atoms with van der Waals surface area (Å²) < 4.78 is 0. The molecule has 2 N–H and O–H groups in total. The number of nitrogens with zero attached hydrogens (tertiary/aromatic N) is 1. The highest BCUT2D eigenvalue weighted by Crippen LogP contribution is 2.22. The van der Waals surface area contributed by atoms with Crippen molar-refractivity contribution in [2.75, 3.05) is 18.9 Å². The first-order valence-electron chi connectivity index (χ1n) is 4.31. The van der Waals surface area contributed by atoms with E-state index in [1.807, 2.05) is 6.07 Å². The van der Waals surface area contributed by atoms with E-state index >= 15 is 0 Å². The Labute approximate surface area is 92.8 Å². The third-order valence-electron chi connectivity index (χ3n) is 1.71. The third kappa shape index (κ3) is 3.24. The summed E-state index contributed by atoms with van der Waals surface area (Å²) >= 11 is 5.85. The van der Waals surface area contributed by atoms with Crippen molar-refractivity contribution in [3.8, 4) is 6.07 Å². The van der Waals surface area contributed by atoms with Crippen LogP contribution in [-0.2, 0) is 4.79 Å². The maximum absolute atomic E-state index is 11.2. The summed E-state index contributed by atoms with van der Waals surface area (Å²) in [6.45, 7) is 0.201. The van der Waals surface area contributed by atoms with Crippen molar-refractivity contribution in [3.05, 3.63) is 28.8 Å². The molecular weight excluding hydrogens is 214 g/mol. The van der Waals surface area contributed by atoms with Crippen LogP contribution in [-0.4, -0.2) is 19.5 Å². The normalized spacial score (nSPS) is 9.40. The fourth-order valence-electron chi connectivity index (χ4n) is 1.05. The van der Waals surface area contributed by atoms with Crippen LogP contribution in [0.5, 0.6) is 0 Å². The molecule has 0 bridgehead atoms. The van der Waals surface area contributed by atoms with Gasteiger partial charge in [-0.25, -0.2) is 0 Å². The van der Waals surface area contributed by atoms with E-state index in [0.29, 0.717) is 16.3 Å². The minimum Gasteiger partial charge on any atom is -0.324 e. The SMILES string of the molecule is CNCC(=O)Nc1cc(C#N)ccc1Cl. The second kappa shape index (κ2) is 5.35. The van der Waals surface area contributed by atoms with Gasteiger partial charge in [0, 0.05) is 0 Å². The molecule has 0 aliphatic carbocycles. The van der Waals surface area contributed by atoms with Gasteiger partial charge in [-0.05, 0) is 25.2 Å². The molecule has 4 nitrogen and oxygen atoms in total. The quantitative estimate of drug-likeness (QED) is 0.814. The number of halogens is 1. The summed E-state index contributed by atoms with van der Waals surface area (Å²) in [5, 5.41) is 14.4. The van der Waals surface area contributed by atoms with Crippen LogP contribution in [0.4, 0.5) is 5.69 Å². The number of carbonyl (C=O) groups excluding carboxylic acids is 1. The monoisotopic (exact) mass is 223 g/mol. The van der Waals surface area contributed by atoms with Gasteiger partial charge in [-0.3, -0.25) is 4.79 Å². The number of nitrogens with one attached hydrogen (secondary N) is 2. The zero-order valence-corrected chi connectivity index (χ0v) is 8.93. The first kappa shape index (κ1) is 11.5. The van der Waals surface area contributed by atoms with Crippen LogP contribution in [0.2, 0.25) is 5.02 Å². The van der Waals surface area contributed by atoms with Crippen molar-refractivity contribution >= 4 is 23.2 Å². The fourth-order valence-corrected chi connectivity index (χ4v) is 1.21. The molecule has 0 atom stereocenters. The van der Waals surface area contributed by atoms with E-state index < -0.39 is 0 Å². The fraction of sp³-hybridized carbons (Fsp3) is 0.200. The largest absolute Gasteiger partial charge is 0.324 e. The van der Waals surface area contributed by atoms with Gasteiger partial charge >= 0.3 is 0 Å². The molecule has 0 unspecified atom stereocenters. The maximum Gasteiger partial charge on any atom is 0.238 e. The van der Waals surface area contributed by atoms with Gasteiger partial charge in [0.25, 0.3) is 0 Å². The Kier molecular flexibility index (Phi) is 4.10. The van der Waals surface area contributed by atoms with Crippen molar-refractivity contribution in [1.82, 2.24) is 5.32 Å². The summed E-state index contributed by atoms with van der Waals surface area (Å²) in [5.74, 6) is -0.200. The van der Waals surface area contributed by atoms with E-state index in [1.54, 1.807) is 19.2 Å². The molecule has 0 fully saturated rings. The number of nitriles is 1. The second-order valence-corrected chi connectivity index (χ2v) is 3.29. The lowest BCUT2D eigenvalue weighted by atomic mass is 10.2. The van der Waals surface area contributed by atoms with Gasteiger partial charge in [0.2, 0.25) is 5.91 Å². The van der Waals surface area contributed by atoms with Gasteiger partial charge in [0.05, 0.1) is 28.9 Å². The standard InChI is InChI=1S/C10H10ClN3O/c1-13-6-10(15)14-9-4-7(5-12)2-3-8(9)11/h2-4,13H,6H2,1H3,(H,14,15). The molecule has 0 saturated heterocycles. The first-order valence-corrected chi connectivity index (χ1v) is 4.69. The molecule has 1 aromatic carbocycles. The Hall–Kier alpha value is -1.57. The van der Waals surface area contributed by atoms with E-state index in [4.69, 9.17) is 16.9 Å². The van der Waals surface area contributed by atoms with Gasteiger partial charge in [0.15, 0.2) is 0 Å². The molecule has 1 amide bonds. The molecule has 1 rings (SSSR count). The van der Waals surface area contributed by atoms with Gasteiger partial charge in [-0.15, -0.1) is 0 Å². The third-order valence-corrected chi connectivity index (χ3v) is 2.04. The van der Waals surface area contributed by atoms with Crippen LogP contribution in [0.15, 0.2) is 18.2 Å². The minimum atomic E-state index is -0.200. The molecule has 0 radical (unpaired) electrons. The summed E-state index contributed by atoms with van der Waals surface area (Å²) in [6.07, 6.45) is 0. The van der Waals surface area contributed by atoms with Gasteiger partial charge in [-0.1, -0.05) is 11.6 Å². The number of likely N-dealkylation sites (N-methyl/N-ethyl adjacent to an activating group) is 1. The number of hydrogen-bond donors (Lipinski definition) is 2. The number of anilines is 1. The highest BCUT2D eigenvalue weighted by molar-refractivity contribution is 6.33. The number of carbonyl (C=O) groups is 1. The van der Waals surface area contributed by atoms with Crippen LogP contribution in [0.3, 0.4) is 0 Å². The van der Waals surface area contributed by atoms with E-state index in [0.717, 1.165) is 0 Å². The van der Waals surface area contributed by atoms with E-state index in [2.05, 4.69) is 10.6 Å². The van der Waals surface area contributed by atoms with Crippen LogP contribution in [0.1, 0.15) is 5.56 Å². The van der Waals surface area contributed by atoms with Crippen LogP contribution in [0.25, 0.3) is 0 Å². The summed E-state index contributed by atoms with van der Waals surface area (Å²) in [7, 11) is 1.67. The Bertz CT molecular complexity index is 412. The lowest BCUT2D eigenvalue weighted by Crippen LogP contribution is -2.25. The molecule has 15 heavy (non-hydrogen) atoms. The van der Waals surface area contributed by atoms with Gasteiger partial charge in [0.1, 0.15) is 0 Å². The van der Waals surface area contributed by atoms with Crippen LogP contribution >= 0.6 is 11.6 Å². The zero-order valence-electron chi connectivity index (χ0n) is 8.17. The van der Waals surface area contributed by atoms with Crippen molar-refractivity contribution in [2.24, 2.45) is 0 Å². The molecular formula is C10H10ClN3O. The van der Waals surface area contributed by atoms with Gasteiger partial charge in [-0.2, -0.15) is 5.26 Å². The van der Waals surface area contributed by atoms with E-state index in [-0.39, 0.29) is 12.5 Å². The number of hydrogen-bond acceptors (Lipinski definition) is 3. The Balaban J connectivity index is 2.85. The molecule has 0 aromatic heterocycles. The van der Waals surface area contributed by atoms with Crippen molar-refractivity contribution < 1.29 is 4.79 Å². The van der Waals surface area contributed by atoms with Crippen molar-refractivity contribution in [2.45, 2.75) is 0 Å². The molecule has 0 aliphatic rings. The number of rotatable bonds is 3. The Morgan fingerprint density at radius 1 is 1.60 bits per heavy atom. The molecule has 0 heterocycles. The lowest BCUT2D eigenvalue weighted by molar-refractivity contribution is -0.115. The molecule has 0 saturated carbocycles. The lowest BCUT2D eigenvalue weighted by Gasteiger charge is -2.06. The topological polar surface area (TPSA) is 64.9 Å². The predicted molar refractivity (Wildman–Crippen MR) is 58.7 cm³/mol. The molecule has 5 heteroatoms. The summed E-state index contributed by atoms with van der Waals surface area (Å²) in [4.78, 5) is 11.2. The first-order chi connectivity index (χ1) is 7.17. The number of amides is 1. The highest BCUT2D eigenvalue weighted by Gasteiger charge is 2.05. The molecule has 0 aliphatic heterocycles. The van der Waals surface area contributed by atoms with E-state index in [1.165, 1.54) is 6.07 Å². The molecule has 0 spiro atoms. The predicted octanol–water partition coefficient (Wildman–Crippen LogP) is 1.37. The summed E-state index contributed by atoms with van der Waals surface area (Å²) in [5.41, 5.74) is 0.912. The van der Waals surface area contributed by atoms with Crippen LogP contribution in [0, 0.1) is 11.3 Å². The summed E-state index contributed by atoms with van der Waals surface area (Å²) in [6, 6.07) is 6.68. The second-order valence-electron chi connectivity index (χ2n) is 2.88. The van der Waals surface area contributed by atoms with Crippen LogP contribution < -0.4 is 10.6 Å². The van der Waals surface area contributed by atoms with Gasteiger partial charge < -0.3 is 10.6 Å². The number of benzene rings is 1. The average Bonchev–Trinajstić information content (AvgIpc) is 2.21. The Morgan fingerprint density at radius 3 is 2.93 bits per heavy atom.